The molecule has 0 spiro atoms. The Labute approximate surface area is 161 Å². The van der Waals surface area contributed by atoms with E-state index in [2.05, 4.69) is 20.6 Å². The molecule has 0 aliphatic rings. The smallest absolute Gasteiger partial charge is 0.321 e. The van der Waals surface area contributed by atoms with E-state index in [1.165, 1.54) is 11.8 Å². The molecule has 1 heterocycles. The third-order valence-electron chi connectivity index (χ3n) is 3.72. The predicted octanol–water partition coefficient (Wildman–Crippen LogP) is 3.68. The molecule has 0 saturated carbocycles. The van der Waals surface area contributed by atoms with Crippen molar-refractivity contribution in [3.05, 3.63) is 60.7 Å². The number of aromatic amines is 1. The Morgan fingerprint density at radius 3 is 2.26 bits per heavy atom. The molecule has 6 nitrogen and oxygen atoms in total. The highest BCUT2D eigenvalue weighted by Crippen LogP contribution is 2.32. The van der Waals surface area contributed by atoms with Crippen molar-refractivity contribution in [3.63, 3.8) is 0 Å². The highest BCUT2D eigenvalue weighted by Gasteiger charge is 2.15. The maximum absolute atomic E-state index is 11.9. The van der Waals surface area contributed by atoms with Crippen LogP contribution < -0.4 is 10.6 Å². The minimum absolute atomic E-state index is 0.0904. The number of nitrogens with one attached hydrogen (secondary N) is 3. The van der Waals surface area contributed by atoms with Crippen LogP contribution in [0.25, 0.3) is 22.5 Å². The second-order valence-electron chi connectivity index (χ2n) is 5.69. The van der Waals surface area contributed by atoms with Crippen LogP contribution in [0.3, 0.4) is 0 Å². The molecule has 0 radical (unpaired) electrons. The number of amides is 3. The van der Waals surface area contributed by atoms with Crippen molar-refractivity contribution in [1.29, 1.82) is 0 Å². The van der Waals surface area contributed by atoms with E-state index in [9.17, 15) is 9.59 Å². The standard InChI is InChI=1S/C20H20N4O2S/c1-2-21-19(26)22-16(25)13-27-20-23-17(14-9-5-3-6-10-14)18(24-20)15-11-7-4-8-12-15/h3-12H,2,13H2,1H3,(H,23,24)(H2,21,22,25,26). The number of rotatable bonds is 6. The van der Waals surface area contributed by atoms with Crippen molar-refractivity contribution in [2.24, 2.45) is 0 Å². The van der Waals surface area contributed by atoms with Crippen LogP contribution in [0.5, 0.6) is 0 Å². The highest BCUT2D eigenvalue weighted by molar-refractivity contribution is 7.99. The molecule has 0 aliphatic heterocycles. The lowest BCUT2D eigenvalue weighted by Gasteiger charge is -2.03. The first kappa shape index (κ1) is 18.7. The number of carbonyl (C=O) groups excluding carboxylic acids is 2. The minimum atomic E-state index is -0.488. The van der Waals surface area contributed by atoms with Crippen LogP contribution in [-0.2, 0) is 4.79 Å². The van der Waals surface area contributed by atoms with Gasteiger partial charge in [-0.15, -0.1) is 0 Å². The molecule has 0 fully saturated rings. The van der Waals surface area contributed by atoms with Gasteiger partial charge in [-0.25, -0.2) is 9.78 Å². The van der Waals surface area contributed by atoms with E-state index in [-0.39, 0.29) is 11.7 Å². The van der Waals surface area contributed by atoms with Gasteiger partial charge in [0.25, 0.3) is 0 Å². The fourth-order valence-electron chi connectivity index (χ4n) is 2.54. The Morgan fingerprint density at radius 2 is 1.63 bits per heavy atom. The van der Waals surface area contributed by atoms with E-state index in [4.69, 9.17) is 0 Å². The van der Waals surface area contributed by atoms with Crippen molar-refractivity contribution in [2.75, 3.05) is 12.3 Å². The molecule has 0 bridgehead atoms. The van der Waals surface area contributed by atoms with Crippen molar-refractivity contribution in [3.8, 4) is 22.5 Å². The second-order valence-corrected chi connectivity index (χ2v) is 6.66. The summed E-state index contributed by atoms with van der Waals surface area (Å²) in [6, 6.07) is 19.3. The predicted molar refractivity (Wildman–Crippen MR) is 107 cm³/mol. The first-order chi connectivity index (χ1) is 13.2. The lowest BCUT2D eigenvalue weighted by atomic mass is 10.1. The van der Waals surface area contributed by atoms with Gasteiger partial charge in [0.05, 0.1) is 17.1 Å². The van der Waals surface area contributed by atoms with Crippen molar-refractivity contribution in [1.82, 2.24) is 20.6 Å². The lowest BCUT2D eigenvalue weighted by Crippen LogP contribution is -2.40. The van der Waals surface area contributed by atoms with Crippen LogP contribution in [0.2, 0.25) is 0 Å². The minimum Gasteiger partial charge on any atom is -0.338 e. The highest BCUT2D eigenvalue weighted by atomic mass is 32.2. The number of nitrogens with zero attached hydrogens (tertiary/aromatic N) is 1. The Kier molecular flexibility index (Phi) is 6.27. The molecule has 27 heavy (non-hydrogen) atoms. The van der Waals surface area contributed by atoms with E-state index in [0.717, 1.165) is 22.5 Å². The summed E-state index contributed by atoms with van der Waals surface area (Å²) in [5, 5.41) is 5.44. The summed E-state index contributed by atoms with van der Waals surface area (Å²) < 4.78 is 0. The van der Waals surface area contributed by atoms with Crippen LogP contribution in [0, 0.1) is 0 Å². The van der Waals surface area contributed by atoms with Gasteiger partial charge in [0.1, 0.15) is 0 Å². The zero-order chi connectivity index (χ0) is 19.1. The van der Waals surface area contributed by atoms with E-state index in [1.54, 1.807) is 6.92 Å². The van der Waals surface area contributed by atoms with E-state index in [0.29, 0.717) is 11.7 Å². The number of hydrogen-bond acceptors (Lipinski definition) is 4. The number of carbonyl (C=O) groups is 2. The van der Waals surface area contributed by atoms with Gasteiger partial charge in [-0.1, -0.05) is 72.4 Å². The van der Waals surface area contributed by atoms with Crippen LogP contribution in [0.1, 0.15) is 6.92 Å². The zero-order valence-electron chi connectivity index (χ0n) is 14.9. The van der Waals surface area contributed by atoms with Gasteiger partial charge in [-0.3, -0.25) is 10.1 Å². The van der Waals surface area contributed by atoms with Crippen molar-refractivity contribution >= 4 is 23.7 Å². The van der Waals surface area contributed by atoms with Gasteiger partial charge in [0, 0.05) is 17.7 Å². The topological polar surface area (TPSA) is 86.9 Å². The second kappa shape index (κ2) is 9.05. The summed E-state index contributed by atoms with van der Waals surface area (Å²) >= 11 is 1.25. The number of benzene rings is 2. The summed E-state index contributed by atoms with van der Waals surface area (Å²) in [6.45, 7) is 2.25. The van der Waals surface area contributed by atoms with Gasteiger partial charge in [0.2, 0.25) is 5.91 Å². The average molecular weight is 380 g/mol. The first-order valence-corrected chi connectivity index (χ1v) is 9.57. The van der Waals surface area contributed by atoms with Crippen molar-refractivity contribution in [2.45, 2.75) is 12.1 Å². The van der Waals surface area contributed by atoms with E-state index >= 15 is 0 Å². The SMILES string of the molecule is CCNC(=O)NC(=O)CSc1nc(-c2ccccc2)c(-c2ccccc2)[nH]1. The van der Waals surface area contributed by atoms with Gasteiger partial charge in [-0.2, -0.15) is 0 Å². The normalized spacial score (nSPS) is 10.4. The fourth-order valence-corrected chi connectivity index (χ4v) is 3.21. The summed E-state index contributed by atoms with van der Waals surface area (Å²) in [5.41, 5.74) is 3.73. The molecule has 3 amide bonds. The quantitative estimate of drug-likeness (QED) is 0.569. The van der Waals surface area contributed by atoms with Gasteiger partial charge in [-0.05, 0) is 6.92 Å². The van der Waals surface area contributed by atoms with Gasteiger partial charge < -0.3 is 10.3 Å². The van der Waals surface area contributed by atoms with Crippen LogP contribution in [0.4, 0.5) is 4.79 Å². The molecule has 7 heteroatoms. The monoisotopic (exact) mass is 380 g/mol. The van der Waals surface area contributed by atoms with Gasteiger partial charge in [0.15, 0.2) is 5.16 Å². The number of H-pyrrole nitrogens is 1. The Balaban J connectivity index is 1.80. The lowest BCUT2D eigenvalue weighted by molar-refractivity contribution is -0.117. The molecule has 0 unspecified atom stereocenters. The molecule has 3 N–H and O–H groups in total. The molecule has 2 aromatic carbocycles. The largest absolute Gasteiger partial charge is 0.338 e. The van der Waals surface area contributed by atoms with Gasteiger partial charge >= 0.3 is 6.03 Å². The number of imidazole rings is 1. The van der Waals surface area contributed by atoms with Crippen LogP contribution in [0.15, 0.2) is 65.8 Å². The molecule has 138 valence electrons. The number of urea groups is 1. The summed E-state index contributed by atoms with van der Waals surface area (Å²) in [5.74, 6) is -0.280. The summed E-state index contributed by atoms with van der Waals surface area (Å²) in [4.78, 5) is 31.3. The maximum atomic E-state index is 11.9. The molecule has 1 aromatic heterocycles. The number of hydrogen-bond donors (Lipinski definition) is 3. The number of thioether (sulfide) groups is 1. The molecule has 0 atom stereocenters. The molecule has 3 rings (SSSR count). The number of aromatic nitrogens is 2. The summed E-state index contributed by atoms with van der Waals surface area (Å²) in [6.07, 6.45) is 0. The third kappa shape index (κ3) is 4.98. The molecule has 0 saturated heterocycles. The van der Waals surface area contributed by atoms with E-state index < -0.39 is 6.03 Å². The molecular formula is C20H20N4O2S. The maximum Gasteiger partial charge on any atom is 0.321 e. The number of imide groups is 1. The fraction of sp³-hybridized carbons (Fsp3) is 0.150. The van der Waals surface area contributed by atoms with Crippen LogP contribution >= 0.6 is 11.8 Å². The summed E-state index contributed by atoms with van der Waals surface area (Å²) in [7, 11) is 0. The molecular weight excluding hydrogens is 360 g/mol. The first-order valence-electron chi connectivity index (χ1n) is 8.58. The molecule has 3 aromatic rings. The van der Waals surface area contributed by atoms with Crippen molar-refractivity contribution < 1.29 is 9.59 Å². The zero-order valence-corrected chi connectivity index (χ0v) is 15.7. The van der Waals surface area contributed by atoms with E-state index in [1.807, 2.05) is 60.7 Å². The Hall–Kier alpha value is -3.06. The third-order valence-corrected chi connectivity index (χ3v) is 4.60. The average Bonchev–Trinajstić information content (AvgIpc) is 3.12. The van der Waals surface area contributed by atoms with Crippen LogP contribution in [-0.4, -0.2) is 34.2 Å². The molecule has 0 aliphatic carbocycles. The Bertz CT molecular complexity index is 853. The Morgan fingerprint density at radius 1 is 1.00 bits per heavy atom.